The Morgan fingerprint density at radius 2 is 2.19 bits per heavy atom. The number of carboxylic acids is 1. The monoisotopic (exact) mass is 251 g/mol. The highest BCUT2D eigenvalue weighted by molar-refractivity contribution is 7.86. The van der Waals surface area contributed by atoms with Crippen LogP contribution in [0.15, 0.2) is 0 Å². The average molecular weight is 251 g/mol. The molecule has 3 unspecified atom stereocenters. The molecule has 1 fully saturated rings. The molecule has 0 amide bonds. The van der Waals surface area contributed by atoms with E-state index >= 15 is 0 Å². The molecule has 1 aliphatic rings. The van der Waals surface area contributed by atoms with Crippen LogP contribution in [0.1, 0.15) is 26.2 Å². The standard InChI is InChI=1S/C9H17NO5S/c1-6(9(11)12)2-3-7-8(4-5-10-7)16(13,14)15/h6-8,10H,2-5H2,1H3,(H,11,12)(H,13,14,15). The minimum absolute atomic E-state index is 0.336. The number of nitrogens with one attached hydrogen (secondary N) is 1. The van der Waals surface area contributed by atoms with E-state index in [0.717, 1.165) is 0 Å². The molecule has 0 aliphatic carbocycles. The molecule has 6 nitrogen and oxygen atoms in total. The van der Waals surface area contributed by atoms with Gasteiger partial charge < -0.3 is 10.4 Å². The van der Waals surface area contributed by atoms with E-state index in [1.165, 1.54) is 0 Å². The van der Waals surface area contributed by atoms with Crippen molar-refractivity contribution in [3.63, 3.8) is 0 Å². The summed E-state index contributed by atoms with van der Waals surface area (Å²) in [4.78, 5) is 10.6. The molecule has 1 saturated heterocycles. The van der Waals surface area contributed by atoms with Gasteiger partial charge in [0.05, 0.1) is 5.92 Å². The Kier molecular flexibility index (Phi) is 4.28. The highest BCUT2D eigenvalue weighted by atomic mass is 32.2. The van der Waals surface area contributed by atoms with Crippen molar-refractivity contribution in [2.45, 2.75) is 37.5 Å². The average Bonchev–Trinajstić information content (AvgIpc) is 2.60. The lowest BCUT2D eigenvalue weighted by molar-refractivity contribution is -0.141. The molecule has 94 valence electrons. The molecule has 0 spiro atoms. The van der Waals surface area contributed by atoms with E-state index < -0.39 is 27.3 Å². The molecule has 0 aromatic rings. The second kappa shape index (κ2) is 5.11. The van der Waals surface area contributed by atoms with Crippen LogP contribution in [-0.2, 0) is 14.9 Å². The van der Waals surface area contributed by atoms with E-state index in [-0.39, 0.29) is 6.04 Å². The van der Waals surface area contributed by atoms with Crippen molar-refractivity contribution < 1.29 is 22.9 Å². The largest absolute Gasteiger partial charge is 0.481 e. The van der Waals surface area contributed by atoms with Crippen LogP contribution in [0.2, 0.25) is 0 Å². The maximum atomic E-state index is 11.0. The Labute approximate surface area is 94.8 Å². The third-order valence-electron chi connectivity index (χ3n) is 3.00. The van der Waals surface area contributed by atoms with Crippen LogP contribution in [0, 0.1) is 5.92 Å². The van der Waals surface area contributed by atoms with Crippen LogP contribution in [-0.4, -0.2) is 41.9 Å². The molecule has 3 atom stereocenters. The van der Waals surface area contributed by atoms with E-state index in [1.807, 2.05) is 0 Å². The first-order chi connectivity index (χ1) is 7.32. The first-order valence-corrected chi connectivity index (χ1v) is 6.75. The van der Waals surface area contributed by atoms with Gasteiger partial charge in [0.2, 0.25) is 0 Å². The van der Waals surface area contributed by atoms with E-state index in [9.17, 15) is 13.2 Å². The van der Waals surface area contributed by atoms with Gasteiger partial charge in [-0.25, -0.2) is 0 Å². The predicted octanol–water partition coefficient (Wildman–Crippen LogP) is 0.106. The van der Waals surface area contributed by atoms with Crippen molar-refractivity contribution in [2.24, 2.45) is 5.92 Å². The Morgan fingerprint density at radius 3 is 2.69 bits per heavy atom. The number of rotatable bonds is 5. The topological polar surface area (TPSA) is 104 Å². The van der Waals surface area contributed by atoms with Crippen molar-refractivity contribution >= 4 is 16.1 Å². The first-order valence-electron chi connectivity index (χ1n) is 5.25. The lowest BCUT2D eigenvalue weighted by Gasteiger charge is -2.17. The van der Waals surface area contributed by atoms with Crippen LogP contribution in [0.3, 0.4) is 0 Å². The van der Waals surface area contributed by atoms with Gasteiger partial charge in [0.15, 0.2) is 0 Å². The van der Waals surface area contributed by atoms with Crippen molar-refractivity contribution in [2.75, 3.05) is 6.54 Å². The Bertz CT molecular complexity index is 353. The molecule has 0 aromatic heterocycles. The van der Waals surface area contributed by atoms with Crippen LogP contribution < -0.4 is 5.32 Å². The van der Waals surface area contributed by atoms with Crippen molar-refractivity contribution in [1.82, 2.24) is 5.32 Å². The Balaban J connectivity index is 2.51. The normalized spacial score (nSPS) is 27.9. The fourth-order valence-electron chi connectivity index (χ4n) is 1.94. The molecule has 1 aliphatic heterocycles. The fourth-order valence-corrected chi connectivity index (χ4v) is 3.00. The SMILES string of the molecule is CC(CCC1NCCC1S(=O)(=O)O)C(=O)O. The van der Waals surface area contributed by atoms with E-state index in [0.29, 0.717) is 25.8 Å². The predicted molar refractivity (Wildman–Crippen MR) is 57.8 cm³/mol. The number of carbonyl (C=O) groups is 1. The third-order valence-corrected chi connectivity index (χ3v) is 4.33. The summed E-state index contributed by atoms with van der Waals surface area (Å²) < 4.78 is 31.0. The van der Waals surface area contributed by atoms with Crippen LogP contribution in [0.25, 0.3) is 0 Å². The van der Waals surface area contributed by atoms with Gasteiger partial charge in [0, 0.05) is 6.04 Å². The molecule has 16 heavy (non-hydrogen) atoms. The second-order valence-electron chi connectivity index (χ2n) is 4.22. The quantitative estimate of drug-likeness (QED) is 0.599. The maximum Gasteiger partial charge on any atom is 0.306 e. The van der Waals surface area contributed by atoms with E-state index in [1.54, 1.807) is 6.92 Å². The number of carboxylic acid groups (broad SMARTS) is 1. The van der Waals surface area contributed by atoms with Crippen molar-refractivity contribution in [1.29, 1.82) is 0 Å². The fraction of sp³-hybridized carbons (Fsp3) is 0.889. The first kappa shape index (κ1) is 13.4. The van der Waals surface area contributed by atoms with Crippen LogP contribution in [0.5, 0.6) is 0 Å². The molecule has 0 radical (unpaired) electrons. The summed E-state index contributed by atoms with van der Waals surface area (Å²) in [6, 6.07) is -0.336. The summed E-state index contributed by atoms with van der Waals surface area (Å²) >= 11 is 0. The van der Waals surface area contributed by atoms with Crippen molar-refractivity contribution in [3.8, 4) is 0 Å². The van der Waals surface area contributed by atoms with Gasteiger partial charge in [-0.1, -0.05) is 6.92 Å². The third kappa shape index (κ3) is 3.43. The summed E-state index contributed by atoms with van der Waals surface area (Å²) in [5.41, 5.74) is 0. The number of hydrogen-bond acceptors (Lipinski definition) is 4. The smallest absolute Gasteiger partial charge is 0.306 e. The van der Waals surface area contributed by atoms with Gasteiger partial charge in [-0.2, -0.15) is 8.42 Å². The highest BCUT2D eigenvalue weighted by Crippen LogP contribution is 2.21. The molecular weight excluding hydrogens is 234 g/mol. The summed E-state index contributed by atoms with van der Waals surface area (Å²) in [5.74, 6) is -1.38. The zero-order valence-electron chi connectivity index (χ0n) is 9.09. The zero-order chi connectivity index (χ0) is 12.3. The molecule has 0 bridgehead atoms. The summed E-state index contributed by atoms with van der Waals surface area (Å²) in [6.45, 7) is 2.12. The zero-order valence-corrected chi connectivity index (χ0v) is 9.90. The van der Waals surface area contributed by atoms with Gasteiger partial charge in [0.25, 0.3) is 10.1 Å². The van der Waals surface area contributed by atoms with Crippen LogP contribution >= 0.6 is 0 Å². The highest BCUT2D eigenvalue weighted by Gasteiger charge is 2.36. The van der Waals surface area contributed by atoms with E-state index in [2.05, 4.69) is 5.32 Å². The summed E-state index contributed by atoms with van der Waals surface area (Å²) in [7, 11) is -4.03. The van der Waals surface area contributed by atoms with Gasteiger partial charge in [0.1, 0.15) is 5.25 Å². The van der Waals surface area contributed by atoms with E-state index in [4.69, 9.17) is 9.66 Å². The summed E-state index contributed by atoms with van der Waals surface area (Å²) in [5, 5.41) is 10.9. The molecule has 7 heteroatoms. The lowest BCUT2D eigenvalue weighted by Crippen LogP contribution is -2.36. The number of hydrogen-bond donors (Lipinski definition) is 3. The van der Waals surface area contributed by atoms with Gasteiger partial charge in [-0.05, 0) is 25.8 Å². The lowest BCUT2D eigenvalue weighted by atomic mass is 10.0. The summed E-state index contributed by atoms with van der Waals surface area (Å²) in [6.07, 6.45) is 1.22. The van der Waals surface area contributed by atoms with Gasteiger partial charge in [-0.3, -0.25) is 9.35 Å². The minimum Gasteiger partial charge on any atom is -0.481 e. The number of aliphatic carboxylic acids is 1. The Hall–Kier alpha value is -0.660. The maximum absolute atomic E-state index is 11.0. The molecule has 1 rings (SSSR count). The van der Waals surface area contributed by atoms with Crippen LogP contribution in [0.4, 0.5) is 0 Å². The van der Waals surface area contributed by atoms with Gasteiger partial charge >= 0.3 is 5.97 Å². The second-order valence-corrected chi connectivity index (χ2v) is 5.85. The molecule has 0 saturated carbocycles. The molecular formula is C9H17NO5S. The Morgan fingerprint density at radius 1 is 1.56 bits per heavy atom. The molecule has 1 heterocycles. The molecule has 3 N–H and O–H groups in total. The van der Waals surface area contributed by atoms with Gasteiger partial charge in [-0.15, -0.1) is 0 Å². The van der Waals surface area contributed by atoms with Crippen molar-refractivity contribution in [3.05, 3.63) is 0 Å². The minimum atomic E-state index is -4.03. The molecule has 0 aromatic carbocycles.